The van der Waals surface area contributed by atoms with Crippen LogP contribution < -0.4 is 19.5 Å². The fraction of sp³-hybridized carbons (Fsp3) is 0.333. The quantitative estimate of drug-likeness (QED) is 0.653. The molecule has 1 amide bonds. The van der Waals surface area contributed by atoms with E-state index < -0.39 is 10.0 Å². The van der Waals surface area contributed by atoms with Crippen molar-refractivity contribution in [2.24, 2.45) is 0 Å². The number of amides is 1. The van der Waals surface area contributed by atoms with Crippen LogP contribution >= 0.6 is 0 Å². The highest BCUT2D eigenvalue weighted by Gasteiger charge is 2.17. The highest BCUT2D eigenvalue weighted by Crippen LogP contribution is 2.32. The number of carbonyl (C=O) groups is 1. The Morgan fingerprint density at radius 2 is 1.83 bits per heavy atom. The van der Waals surface area contributed by atoms with Crippen molar-refractivity contribution < 1.29 is 22.7 Å². The van der Waals surface area contributed by atoms with Crippen LogP contribution in [0, 0.1) is 11.3 Å². The van der Waals surface area contributed by atoms with Crippen LogP contribution in [0.3, 0.4) is 0 Å². The molecule has 1 unspecified atom stereocenters. The molecule has 1 aliphatic heterocycles. The summed E-state index contributed by atoms with van der Waals surface area (Å²) in [6, 6.07) is 12.8. The van der Waals surface area contributed by atoms with Crippen LogP contribution in [-0.4, -0.2) is 34.1 Å². The fourth-order valence-corrected chi connectivity index (χ4v) is 3.95. The first-order valence-electron chi connectivity index (χ1n) is 9.58. The average molecular weight is 429 g/mol. The molecule has 0 bridgehead atoms. The average Bonchev–Trinajstić information content (AvgIpc) is 2.98. The van der Waals surface area contributed by atoms with E-state index in [1.165, 1.54) is 24.3 Å². The number of carbonyl (C=O) groups excluding carboxylic acids is 1. The number of nitrogens with one attached hydrogen (secondary N) is 2. The van der Waals surface area contributed by atoms with Gasteiger partial charge in [0.25, 0.3) is 5.91 Å². The van der Waals surface area contributed by atoms with Crippen LogP contribution in [-0.2, 0) is 10.0 Å². The van der Waals surface area contributed by atoms with Gasteiger partial charge in [-0.05, 0) is 48.9 Å². The molecule has 0 saturated carbocycles. The Bertz CT molecular complexity index is 1050. The summed E-state index contributed by atoms with van der Waals surface area (Å²) < 4.78 is 37.9. The van der Waals surface area contributed by atoms with E-state index in [-0.39, 0.29) is 29.8 Å². The maximum Gasteiger partial charge on any atom is 0.251 e. The number of fused-ring (bicyclic) bond motifs is 1. The summed E-state index contributed by atoms with van der Waals surface area (Å²) in [7, 11) is -3.71. The van der Waals surface area contributed by atoms with Crippen molar-refractivity contribution >= 4 is 15.9 Å². The molecular weight excluding hydrogens is 406 g/mol. The summed E-state index contributed by atoms with van der Waals surface area (Å²) in [4.78, 5) is 12.6. The van der Waals surface area contributed by atoms with Gasteiger partial charge in [0.05, 0.1) is 30.2 Å². The molecule has 1 aliphatic rings. The number of nitriles is 1. The monoisotopic (exact) mass is 429 g/mol. The highest BCUT2D eigenvalue weighted by atomic mass is 32.2. The first-order valence-corrected chi connectivity index (χ1v) is 11.1. The fourth-order valence-electron chi connectivity index (χ4n) is 2.92. The summed E-state index contributed by atoms with van der Waals surface area (Å²) in [6.45, 7) is 3.08. The van der Waals surface area contributed by atoms with Crippen molar-refractivity contribution in [2.75, 3.05) is 19.8 Å². The van der Waals surface area contributed by atoms with Crippen LogP contribution in [0.25, 0.3) is 0 Å². The van der Waals surface area contributed by atoms with Crippen LogP contribution in [0.15, 0.2) is 47.4 Å². The first-order chi connectivity index (χ1) is 14.4. The molecule has 0 radical (unpaired) electrons. The van der Waals surface area contributed by atoms with Crippen molar-refractivity contribution in [3.8, 4) is 17.6 Å². The summed E-state index contributed by atoms with van der Waals surface area (Å²) in [5.41, 5.74) is 1.21. The molecule has 0 fully saturated rings. The number of ether oxygens (including phenoxy) is 2. The molecule has 3 rings (SSSR count). The summed E-state index contributed by atoms with van der Waals surface area (Å²) in [6.07, 6.45) is 0.896. The maximum atomic E-state index is 12.6. The van der Waals surface area contributed by atoms with E-state index in [1.807, 2.05) is 31.2 Å². The third-order valence-corrected chi connectivity index (χ3v) is 6.05. The van der Waals surface area contributed by atoms with E-state index in [0.717, 1.165) is 12.0 Å². The predicted molar refractivity (Wildman–Crippen MR) is 110 cm³/mol. The Hall–Kier alpha value is -3.09. The van der Waals surface area contributed by atoms with Gasteiger partial charge in [0.15, 0.2) is 11.5 Å². The van der Waals surface area contributed by atoms with Crippen molar-refractivity contribution in [3.05, 3.63) is 53.6 Å². The lowest BCUT2D eigenvalue weighted by Crippen LogP contribution is -2.27. The van der Waals surface area contributed by atoms with Gasteiger partial charge >= 0.3 is 0 Å². The molecule has 8 nitrogen and oxygen atoms in total. The Labute approximate surface area is 175 Å². The van der Waals surface area contributed by atoms with E-state index in [4.69, 9.17) is 14.7 Å². The second-order valence-corrected chi connectivity index (χ2v) is 8.55. The molecule has 2 aromatic rings. The number of benzene rings is 2. The Morgan fingerprint density at radius 3 is 2.53 bits per heavy atom. The molecular formula is C21H23N3O5S. The van der Waals surface area contributed by atoms with Gasteiger partial charge in [-0.2, -0.15) is 5.26 Å². The van der Waals surface area contributed by atoms with E-state index in [1.54, 1.807) is 0 Å². The lowest BCUT2D eigenvalue weighted by atomic mass is 10.1. The van der Waals surface area contributed by atoms with Gasteiger partial charge in [0, 0.05) is 24.9 Å². The van der Waals surface area contributed by atoms with E-state index in [2.05, 4.69) is 10.0 Å². The van der Waals surface area contributed by atoms with Gasteiger partial charge in [0.1, 0.15) is 0 Å². The molecule has 1 atom stereocenters. The lowest BCUT2D eigenvalue weighted by molar-refractivity contribution is 0.0939. The normalized spacial score (nSPS) is 14.3. The Morgan fingerprint density at radius 1 is 1.13 bits per heavy atom. The van der Waals surface area contributed by atoms with Gasteiger partial charge in [-0.25, -0.2) is 13.1 Å². The molecule has 0 saturated heterocycles. The number of sulfonamides is 1. The number of rotatable bonds is 7. The Balaban J connectivity index is 1.66. The zero-order valence-electron chi connectivity index (χ0n) is 16.6. The molecule has 30 heavy (non-hydrogen) atoms. The molecule has 2 aromatic carbocycles. The number of hydrogen-bond acceptors (Lipinski definition) is 6. The topological polar surface area (TPSA) is 118 Å². The third-order valence-electron chi connectivity index (χ3n) is 4.57. The van der Waals surface area contributed by atoms with Crippen molar-refractivity contribution in [2.45, 2.75) is 30.7 Å². The van der Waals surface area contributed by atoms with Crippen LogP contribution in [0.2, 0.25) is 0 Å². The lowest BCUT2D eigenvalue weighted by Gasteiger charge is -2.16. The van der Waals surface area contributed by atoms with Gasteiger partial charge in [-0.15, -0.1) is 0 Å². The smallest absolute Gasteiger partial charge is 0.251 e. The number of nitrogens with zero attached hydrogens (tertiary/aromatic N) is 1. The van der Waals surface area contributed by atoms with Crippen LogP contribution in [0.1, 0.15) is 41.7 Å². The van der Waals surface area contributed by atoms with Crippen molar-refractivity contribution in [1.82, 2.24) is 10.0 Å². The number of hydrogen-bond donors (Lipinski definition) is 2. The standard InChI is InChI=1S/C21H23N3O5S/c1-15(17-6-9-19-20(14-17)29-13-3-12-28-19)24-21(25)16-4-7-18(8-5-16)30(26,27)23-11-2-10-22/h4-9,14-15,23H,2-3,11-13H2,1H3,(H,24,25). The maximum absolute atomic E-state index is 12.6. The van der Waals surface area contributed by atoms with E-state index >= 15 is 0 Å². The van der Waals surface area contributed by atoms with E-state index in [9.17, 15) is 13.2 Å². The van der Waals surface area contributed by atoms with Gasteiger partial charge in [-0.1, -0.05) is 6.07 Å². The third kappa shape index (κ3) is 5.28. The molecule has 158 valence electrons. The van der Waals surface area contributed by atoms with Gasteiger partial charge < -0.3 is 14.8 Å². The molecule has 0 aromatic heterocycles. The van der Waals surface area contributed by atoms with Crippen molar-refractivity contribution in [3.63, 3.8) is 0 Å². The zero-order chi connectivity index (χ0) is 21.6. The second kappa shape index (κ2) is 9.61. The summed E-state index contributed by atoms with van der Waals surface area (Å²) in [5.74, 6) is 1.02. The predicted octanol–water partition coefficient (Wildman–Crippen LogP) is 2.53. The molecule has 0 aliphatic carbocycles. The molecule has 1 heterocycles. The van der Waals surface area contributed by atoms with Gasteiger partial charge in [-0.3, -0.25) is 4.79 Å². The SMILES string of the molecule is CC(NC(=O)c1ccc(S(=O)(=O)NCCC#N)cc1)c1ccc2c(c1)OCCCO2. The molecule has 0 spiro atoms. The highest BCUT2D eigenvalue weighted by molar-refractivity contribution is 7.89. The first kappa shape index (κ1) is 21.6. The molecule has 2 N–H and O–H groups in total. The summed E-state index contributed by atoms with van der Waals surface area (Å²) in [5, 5.41) is 11.4. The van der Waals surface area contributed by atoms with E-state index in [0.29, 0.717) is 30.3 Å². The van der Waals surface area contributed by atoms with Crippen LogP contribution in [0.4, 0.5) is 0 Å². The Kier molecular flexibility index (Phi) is 6.92. The largest absolute Gasteiger partial charge is 0.490 e. The van der Waals surface area contributed by atoms with Gasteiger partial charge in [0.2, 0.25) is 10.0 Å². The minimum Gasteiger partial charge on any atom is -0.490 e. The second-order valence-electron chi connectivity index (χ2n) is 6.78. The minimum absolute atomic E-state index is 0.0351. The van der Waals surface area contributed by atoms with Crippen LogP contribution in [0.5, 0.6) is 11.5 Å². The van der Waals surface area contributed by atoms with Crippen molar-refractivity contribution in [1.29, 1.82) is 5.26 Å². The summed E-state index contributed by atoms with van der Waals surface area (Å²) >= 11 is 0. The minimum atomic E-state index is -3.71. The molecule has 9 heteroatoms. The zero-order valence-corrected chi connectivity index (χ0v) is 17.4.